The molecule has 0 heterocycles. The molecule has 1 aliphatic carbocycles. The molecule has 0 radical (unpaired) electrons. The van der Waals surface area contributed by atoms with Crippen molar-refractivity contribution in [2.45, 2.75) is 65.6 Å². The summed E-state index contributed by atoms with van der Waals surface area (Å²) in [5.74, 6) is 0.918. The average Bonchev–Trinajstić information content (AvgIpc) is 3.17. The van der Waals surface area contributed by atoms with Crippen LogP contribution in [0.2, 0.25) is 0 Å². The minimum absolute atomic E-state index is 0.159. The van der Waals surface area contributed by atoms with Crippen molar-refractivity contribution in [2.24, 2.45) is 5.92 Å². The summed E-state index contributed by atoms with van der Waals surface area (Å²) in [4.78, 5) is 2.58. The highest BCUT2D eigenvalue weighted by atomic mass is 15.2. The Morgan fingerprint density at radius 1 is 1.20 bits per heavy atom. The third-order valence-corrected chi connectivity index (χ3v) is 3.89. The third-order valence-electron chi connectivity index (χ3n) is 3.89. The van der Waals surface area contributed by atoms with E-state index in [2.05, 4.69) is 69.1 Å². The van der Waals surface area contributed by atoms with E-state index in [9.17, 15) is 0 Å². The molecule has 0 aromatic heterocycles. The fourth-order valence-electron chi connectivity index (χ4n) is 2.47. The van der Waals surface area contributed by atoms with Gasteiger partial charge in [0.1, 0.15) is 0 Å². The van der Waals surface area contributed by atoms with Gasteiger partial charge in [0.25, 0.3) is 0 Å². The molecule has 112 valence electrons. The monoisotopic (exact) mass is 274 g/mol. The van der Waals surface area contributed by atoms with Gasteiger partial charge in [-0.15, -0.1) is 0 Å². The first-order chi connectivity index (χ1) is 9.37. The first-order valence-electron chi connectivity index (χ1n) is 7.96. The second kappa shape index (κ2) is 6.17. The highest BCUT2D eigenvalue weighted by Gasteiger charge is 2.26. The van der Waals surface area contributed by atoms with Crippen LogP contribution in [-0.4, -0.2) is 18.1 Å². The summed E-state index contributed by atoms with van der Waals surface area (Å²) in [6, 6.07) is 9.42. The van der Waals surface area contributed by atoms with Gasteiger partial charge in [-0.3, -0.25) is 0 Å². The van der Waals surface area contributed by atoms with Gasteiger partial charge in [-0.2, -0.15) is 0 Å². The maximum absolute atomic E-state index is 3.61. The Morgan fingerprint density at radius 2 is 1.85 bits per heavy atom. The number of hydrogen-bond donors (Lipinski definition) is 1. The average molecular weight is 274 g/mol. The van der Waals surface area contributed by atoms with Crippen LogP contribution in [0.25, 0.3) is 0 Å². The van der Waals surface area contributed by atoms with E-state index in [1.54, 1.807) is 0 Å². The molecular formula is C18H30N2. The zero-order valence-electron chi connectivity index (χ0n) is 13.7. The Kier molecular flexibility index (Phi) is 4.74. The summed E-state index contributed by atoms with van der Waals surface area (Å²) in [5, 5.41) is 3.61. The lowest BCUT2D eigenvalue weighted by Crippen LogP contribution is -2.37. The number of hydrogen-bond acceptors (Lipinski definition) is 2. The second-order valence-electron chi connectivity index (χ2n) is 7.42. The van der Waals surface area contributed by atoms with Crippen molar-refractivity contribution in [3.8, 4) is 0 Å². The van der Waals surface area contributed by atoms with Gasteiger partial charge in [0.15, 0.2) is 0 Å². The lowest BCUT2D eigenvalue weighted by molar-refractivity contribution is 0.424. The largest absolute Gasteiger partial charge is 0.369 e. The predicted octanol–water partition coefficient (Wildman–Crippen LogP) is 4.20. The van der Waals surface area contributed by atoms with Crippen molar-refractivity contribution in [3.05, 3.63) is 29.8 Å². The number of nitrogens with one attached hydrogen (secondary N) is 1. The minimum Gasteiger partial charge on any atom is -0.369 e. The van der Waals surface area contributed by atoms with E-state index in [0.29, 0.717) is 6.04 Å². The molecule has 2 nitrogen and oxygen atoms in total. The van der Waals surface area contributed by atoms with Crippen LogP contribution in [0.5, 0.6) is 0 Å². The Morgan fingerprint density at radius 3 is 2.40 bits per heavy atom. The summed E-state index contributed by atoms with van der Waals surface area (Å²) in [6.07, 6.45) is 2.82. The smallest absolute Gasteiger partial charge is 0.0414 e. The van der Waals surface area contributed by atoms with Gasteiger partial charge >= 0.3 is 0 Å². The maximum atomic E-state index is 3.61. The van der Waals surface area contributed by atoms with E-state index in [1.807, 2.05) is 0 Å². The van der Waals surface area contributed by atoms with Gasteiger partial charge < -0.3 is 10.2 Å². The molecule has 0 atom stereocenters. The molecule has 0 bridgehead atoms. The van der Waals surface area contributed by atoms with Gasteiger partial charge in [0, 0.05) is 30.4 Å². The normalized spacial score (nSPS) is 15.7. The molecule has 1 N–H and O–H groups in total. The van der Waals surface area contributed by atoms with Gasteiger partial charge in [0.2, 0.25) is 0 Å². The molecule has 0 aliphatic heterocycles. The van der Waals surface area contributed by atoms with Crippen LogP contribution in [0, 0.1) is 5.92 Å². The SMILES string of the molecule is CC(C)N(CC1CC1)c1ccccc1CNC(C)(C)C. The molecule has 20 heavy (non-hydrogen) atoms. The quantitative estimate of drug-likeness (QED) is 0.836. The van der Waals surface area contributed by atoms with Crippen LogP contribution in [-0.2, 0) is 6.54 Å². The number of para-hydroxylation sites is 1. The molecule has 0 amide bonds. The lowest BCUT2D eigenvalue weighted by Gasteiger charge is -2.32. The van der Waals surface area contributed by atoms with E-state index in [1.165, 1.54) is 30.6 Å². The molecule has 1 aliphatic rings. The van der Waals surface area contributed by atoms with Crippen LogP contribution in [0.15, 0.2) is 24.3 Å². The van der Waals surface area contributed by atoms with Crippen molar-refractivity contribution in [1.82, 2.24) is 5.32 Å². The zero-order valence-corrected chi connectivity index (χ0v) is 13.7. The van der Waals surface area contributed by atoms with Gasteiger partial charge in [-0.25, -0.2) is 0 Å². The van der Waals surface area contributed by atoms with E-state index >= 15 is 0 Å². The third kappa shape index (κ3) is 4.52. The highest BCUT2D eigenvalue weighted by molar-refractivity contribution is 5.54. The molecule has 0 spiro atoms. The van der Waals surface area contributed by atoms with E-state index < -0.39 is 0 Å². The van der Waals surface area contributed by atoms with Crippen molar-refractivity contribution >= 4 is 5.69 Å². The molecule has 1 fully saturated rings. The maximum Gasteiger partial charge on any atom is 0.0414 e. The topological polar surface area (TPSA) is 15.3 Å². The molecular weight excluding hydrogens is 244 g/mol. The van der Waals surface area contributed by atoms with Crippen LogP contribution >= 0.6 is 0 Å². The van der Waals surface area contributed by atoms with Crippen LogP contribution in [0.3, 0.4) is 0 Å². The fourth-order valence-corrected chi connectivity index (χ4v) is 2.47. The summed E-state index contributed by atoms with van der Waals surface area (Å²) < 4.78 is 0. The lowest BCUT2D eigenvalue weighted by atomic mass is 10.1. The first-order valence-corrected chi connectivity index (χ1v) is 7.96. The molecule has 2 rings (SSSR count). The number of benzene rings is 1. The molecule has 0 unspecified atom stereocenters. The molecule has 2 heteroatoms. The summed E-state index contributed by atoms with van der Waals surface area (Å²) >= 11 is 0. The standard InChI is InChI=1S/C18H30N2/c1-14(2)20(13-15-10-11-15)17-9-7-6-8-16(17)12-19-18(3,4)5/h6-9,14-15,19H,10-13H2,1-5H3. The first kappa shape index (κ1) is 15.4. The Labute approximate surface area is 124 Å². The molecule has 1 aromatic carbocycles. The van der Waals surface area contributed by atoms with Gasteiger partial charge in [-0.05, 0) is 65.0 Å². The summed E-state index contributed by atoms with van der Waals surface area (Å²) in [6.45, 7) is 13.4. The zero-order chi connectivity index (χ0) is 14.8. The van der Waals surface area contributed by atoms with Crippen molar-refractivity contribution in [1.29, 1.82) is 0 Å². The van der Waals surface area contributed by atoms with Crippen LogP contribution in [0.1, 0.15) is 53.0 Å². The van der Waals surface area contributed by atoms with E-state index in [0.717, 1.165) is 12.5 Å². The second-order valence-corrected chi connectivity index (χ2v) is 7.42. The molecule has 1 saturated carbocycles. The van der Waals surface area contributed by atoms with Crippen molar-refractivity contribution in [2.75, 3.05) is 11.4 Å². The van der Waals surface area contributed by atoms with E-state index in [-0.39, 0.29) is 5.54 Å². The fraction of sp³-hybridized carbons (Fsp3) is 0.667. The Bertz CT molecular complexity index is 427. The summed E-state index contributed by atoms with van der Waals surface area (Å²) in [7, 11) is 0. The van der Waals surface area contributed by atoms with Crippen molar-refractivity contribution in [3.63, 3.8) is 0 Å². The van der Waals surface area contributed by atoms with Crippen LogP contribution in [0.4, 0.5) is 5.69 Å². The Balaban J connectivity index is 2.15. The molecule has 0 saturated heterocycles. The number of rotatable bonds is 6. The minimum atomic E-state index is 0.159. The van der Waals surface area contributed by atoms with Crippen molar-refractivity contribution < 1.29 is 0 Å². The van der Waals surface area contributed by atoms with E-state index in [4.69, 9.17) is 0 Å². The van der Waals surface area contributed by atoms with Gasteiger partial charge in [-0.1, -0.05) is 18.2 Å². The number of anilines is 1. The highest BCUT2D eigenvalue weighted by Crippen LogP contribution is 2.33. The molecule has 1 aromatic rings. The summed E-state index contributed by atoms with van der Waals surface area (Å²) in [5.41, 5.74) is 2.98. The predicted molar refractivity (Wildman–Crippen MR) is 88.2 cm³/mol. The number of nitrogens with zero attached hydrogens (tertiary/aromatic N) is 1. The van der Waals surface area contributed by atoms with Gasteiger partial charge in [0.05, 0.1) is 0 Å². The Hall–Kier alpha value is -1.02. The van der Waals surface area contributed by atoms with Crippen LogP contribution < -0.4 is 10.2 Å².